The van der Waals surface area contributed by atoms with E-state index < -0.39 is 0 Å². The molecule has 0 aromatic carbocycles. The maximum Gasteiger partial charge on any atom is 0.223 e. The highest BCUT2D eigenvalue weighted by Gasteiger charge is 2.20. The van der Waals surface area contributed by atoms with Gasteiger partial charge in [0.25, 0.3) is 0 Å². The number of rotatable bonds is 6. The summed E-state index contributed by atoms with van der Waals surface area (Å²) in [6.07, 6.45) is 7.75. The van der Waals surface area contributed by atoms with Gasteiger partial charge in [-0.25, -0.2) is 14.6 Å². The number of piperidine rings is 1. The third-order valence-electron chi connectivity index (χ3n) is 4.34. The van der Waals surface area contributed by atoms with Gasteiger partial charge >= 0.3 is 0 Å². The van der Waals surface area contributed by atoms with E-state index >= 15 is 0 Å². The molecule has 1 N–H and O–H groups in total. The highest BCUT2D eigenvalue weighted by atomic mass is 16.2. The Bertz CT molecular complexity index is 657. The number of hydrogen-bond donors (Lipinski definition) is 1. The monoisotopic (exact) mass is 328 g/mol. The van der Waals surface area contributed by atoms with Gasteiger partial charge in [0, 0.05) is 44.4 Å². The largest absolute Gasteiger partial charge is 0.342 e. The van der Waals surface area contributed by atoms with Crippen LogP contribution >= 0.6 is 0 Å². The Hall–Kier alpha value is -2.28. The summed E-state index contributed by atoms with van der Waals surface area (Å²) in [5.41, 5.74) is 1.03. The van der Waals surface area contributed by atoms with Crippen LogP contribution in [0.3, 0.4) is 0 Å². The number of pyridine rings is 1. The summed E-state index contributed by atoms with van der Waals surface area (Å²) in [4.78, 5) is 22.6. The highest BCUT2D eigenvalue weighted by Crippen LogP contribution is 2.16. The van der Waals surface area contributed by atoms with Crippen LogP contribution in [0.4, 0.5) is 0 Å². The molecule has 7 nitrogen and oxygen atoms in total. The maximum atomic E-state index is 12.3. The first-order valence-electron chi connectivity index (χ1n) is 8.51. The van der Waals surface area contributed by atoms with Crippen LogP contribution < -0.4 is 5.32 Å². The minimum absolute atomic E-state index is 0.247. The van der Waals surface area contributed by atoms with E-state index in [2.05, 4.69) is 27.3 Å². The summed E-state index contributed by atoms with van der Waals surface area (Å²) in [7, 11) is 0. The third kappa shape index (κ3) is 4.17. The molecule has 1 amide bonds. The van der Waals surface area contributed by atoms with E-state index in [4.69, 9.17) is 0 Å². The first-order valence-corrected chi connectivity index (χ1v) is 8.51. The van der Waals surface area contributed by atoms with Gasteiger partial charge in [-0.3, -0.25) is 4.79 Å². The first kappa shape index (κ1) is 16.6. The van der Waals surface area contributed by atoms with Gasteiger partial charge in [0.2, 0.25) is 5.91 Å². The van der Waals surface area contributed by atoms with Gasteiger partial charge in [0.1, 0.15) is 12.7 Å². The lowest BCUT2D eigenvalue weighted by atomic mass is 10.00. The number of nitrogens with one attached hydrogen (secondary N) is 1. The standard InChI is InChI=1S/C17H24N6O/c1-14-4-3-9-22(11-14)16(24)6-8-18-10-15-5-2-7-20-17(15)23-13-19-12-21-23/h2,5,7,12-14,18H,3-4,6,8-11H2,1H3. The molecule has 3 rings (SSSR count). The molecule has 3 heterocycles. The van der Waals surface area contributed by atoms with Crippen LogP contribution in [0.15, 0.2) is 31.0 Å². The van der Waals surface area contributed by atoms with Crippen molar-refractivity contribution in [2.75, 3.05) is 19.6 Å². The number of amides is 1. The zero-order chi connectivity index (χ0) is 16.8. The summed E-state index contributed by atoms with van der Waals surface area (Å²) in [5.74, 6) is 1.63. The van der Waals surface area contributed by atoms with Crippen LogP contribution in [0.25, 0.3) is 5.82 Å². The minimum Gasteiger partial charge on any atom is -0.342 e. The minimum atomic E-state index is 0.247. The van der Waals surface area contributed by atoms with E-state index in [1.165, 1.54) is 12.7 Å². The van der Waals surface area contributed by atoms with Crippen molar-refractivity contribution in [3.63, 3.8) is 0 Å². The average Bonchev–Trinajstić information content (AvgIpc) is 3.13. The van der Waals surface area contributed by atoms with Crippen molar-refractivity contribution in [2.24, 2.45) is 5.92 Å². The van der Waals surface area contributed by atoms with Crippen molar-refractivity contribution in [1.82, 2.24) is 30.0 Å². The molecule has 2 aromatic rings. The lowest BCUT2D eigenvalue weighted by Gasteiger charge is -2.31. The Morgan fingerprint density at radius 3 is 3.17 bits per heavy atom. The van der Waals surface area contributed by atoms with Gasteiger partial charge in [0.15, 0.2) is 5.82 Å². The third-order valence-corrected chi connectivity index (χ3v) is 4.34. The second-order valence-corrected chi connectivity index (χ2v) is 6.34. The fourth-order valence-corrected chi connectivity index (χ4v) is 3.08. The molecule has 0 bridgehead atoms. The van der Waals surface area contributed by atoms with Gasteiger partial charge in [0.05, 0.1) is 0 Å². The highest BCUT2D eigenvalue weighted by molar-refractivity contribution is 5.76. The lowest BCUT2D eigenvalue weighted by molar-refractivity contribution is -0.132. The molecule has 1 aliphatic heterocycles. The Morgan fingerprint density at radius 2 is 2.38 bits per heavy atom. The Kier molecular flexibility index (Phi) is 5.53. The van der Waals surface area contributed by atoms with E-state index in [-0.39, 0.29) is 5.91 Å². The van der Waals surface area contributed by atoms with Crippen molar-refractivity contribution in [3.8, 4) is 5.82 Å². The summed E-state index contributed by atoms with van der Waals surface area (Å²) in [5, 5.41) is 7.46. The van der Waals surface area contributed by atoms with E-state index in [0.717, 1.165) is 30.9 Å². The second-order valence-electron chi connectivity index (χ2n) is 6.34. The fraction of sp³-hybridized carbons (Fsp3) is 0.529. The molecule has 0 aliphatic carbocycles. The summed E-state index contributed by atoms with van der Waals surface area (Å²) >= 11 is 0. The van der Waals surface area contributed by atoms with E-state index in [1.807, 2.05) is 17.0 Å². The van der Waals surface area contributed by atoms with Gasteiger partial charge in [-0.05, 0) is 24.8 Å². The van der Waals surface area contributed by atoms with Crippen LogP contribution in [-0.2, 0) is 11.3 Å². The smallest absolute Gasteiger partial charge is 0.223 e. The number of likely N-dealkylation sites (tertiary alicyclic amines) is 1. The SMILES string of the molecule is CC1CCCN(C(=O)CCNCc2cccnc2-n2cncn2)C1. The summed E-state index contributed by atoms with van der Waals surface area (Å²) in [6.45, 7) is 5.33. The number of hydrogen-bond acceptors (Lipinski definition) is 5. The second kappa shape index (κ2) is 8.01. The number of carbonyl (C=O) groups excluding carboxylic acids is 1. The molecule has 0 saturated carbocycles. The summed E-state index contributed by atoms with van der Waals surface area (Å²) < 4.78 is 1.65. The molecular weight excluding hydrogens is 304 g/mol. The Balaban J connectivity index is 1.48. The van der Waals surface area contributed by atoms with Crippen molar-refractivity contribution >= 4 is 5.91 Å². The average molecular weight is 328 g/mol. The van der Waals surface area contributed by atoms with Crippen LogP contribution in [0.2, 0.25) is 0 Å². The predicted octanol–water partition coefficient (Wildman–Crippen LogP) is 1.40. The zero-order valence-corrected chi connectivity index (χ0v) is 14.1. The molecule has 2 aromatic heterocycles. The fourth-order valence-electron chi connectivity index (χ4n) is 3.08. The van der Waals surface area contributed by atoms with Crippen LogP contribution in [-0.4, -0.2) is 50.2 Å². The topological polar surface area (TPSA) is 75.9 Å². The van der Waals surface area contributed by atoms with Gasteiger partial charge in [-0.15, -0.1) is 0 Å². The van der Waals surface area contributed by atoms with Crippen molar-refractivity contribution < 1.29 is 4.79 Å². The molecule has 1 aliphatic rings. The Labute approximate surface area is 142 Å². The van der Waals surface area contributed by atoms with E-state index in [0.29, 0.717) is 25.4 Å². The lowest BCUT2D eigenvalue weighted by Crippen LogP contribution is -2.40. The van der Waals surface area contributed by atoms with Crippen LogP contribution in [0.1, 0.15) is 31.7 Å². The summed E-state index contributed by atoms with van der Waals surface area (Å²) in [6, 6.07) is 3.91. The molecule has 24 heavy (non-hydrogen) atoms. The molecule has 1 unspecified atom stereocenters. The number of nitrogens with zero attached hydrogens (tertiary/aromatic N) is 5. The van der Waals surface area contributed by atoms with Gasteiger partial charge < -0.3 is 10.2 Å². The zero-order valence-electron chi connectivity index (χ0n) is 14.1. The van der Waals surface area contributed by atoms with E-state index in [9.17, 15) is 4.79 Å². The molecule has 7 heteroatoms. The maximum absolute atomic E-state index is 12.3. The number of carbonyl (C=O) groups is 1. The van der Waals surface area contributed by atoms with Crippen molar-refractivity contribution in [3.05, 3.63) is 36.5 Å². The molecule has 1 saturated heterocycles. The molecule has 0 spiro atoms. The number of aromatic nitrogens is 4. The molecule has 1 atom stereocenters. The Morgan fingerprint density at radius 1 is 1.46 bits per heavy atom. The van der Waals surface area contributed by atoms with Gasteiger partial charge in [-0.2, -0.15) is 5.10 Å². The molecular formula is C17H24N6O. The van der Waals surface area contributed by atoms with Crippen molar-refractivity contribution in [1.29, 1.82) is 0 Å². The van der Waals surface area contributed by atoms with E-state index in [1.54, 1.807) is 17.2 Å². The molecule has 0 radical (unpaired) electrons. The quantitative estimate of drug-likeness (QED) is 0.811. The van der Waals surface area contributed by atoms with Gasteiger partial charge in [-0.1, -0.05) is 13.0 Å². The predicted molar refractivity (Wildman–Crippen MR) is 90.5 cm³/mol. The molecule has 128 valence electrons. The van der Waals surface area contributed by atoms with Crippen LogP contribution in [0, 0.1) is 5.92 Å². The van der Waals surface area contributed by atoms with Crippen LogP contribution in [0.5, 0.6) is 0 Å². The van der Waals surface area contributed by atoms with Crippen molar-refractivity contribution in [2.45, 2.75) is 32.7 Å². The molecule has 1 fully saturated rings. The normalized spacial score (nSPS) is 17.9. The first-order chi connectivity index (χ1) is 11.7.